The smallest absolute Gasteiger partial charge is 0.340 e. The van der Waals surface area contributed by atoms with E-state index >= 15 is 0 Å². The number of hydrogen-bond acceptors (Lipinski definition) is 4. The highest BCUT2D eigenvalue weighted by atomic mass is 35.5. The number of benzene rings is 1. The van der Waals surface area contributed by atoms with Crippen molar-refractivity contribution in [1.82, 2.24) is 19.6 Å². The van der Waals surface area contributed by atoms with Gasteiger partial charge in [0.1, 0.15) is 12.1 Å². The predicted molar refractivity (Wildman–Crippen MR) is 86.8 cm³/mol. The molecular weight excluding hydrogens is 355 g/mol. The zero-order chi connectivity index (χ0) is 17.8. The van der Waals surface area contributed by atoms with Crippen LogP contribution in [0.15, 0.2) is 30.6 Å². The summed E-state index contributed by atoms with van der Waals surface area (Å²) in [5.74, 6) is 0.678. The lowest BCUT2D eigenvalue weighted by Gasteiger charge is -2.32. The Hall–Kier alpha value is -2.35. The predicted octanol–water partition coefficient (Wildman–Crippen LogP) is 3.75. The molecule has 2 aromatic heterocycles. The molecule has 0 fully saturated rings. The van der Waals surface area contributed by atoms with E-state index in [-0.39, 0.29) is 22.9 Å². The highest BCUT2D eigenvalue weighted by Gasteiger charge is 2.47. The largest absolute Gasteiger partial charge is 0.413 e. The first-order valence-corrected chi connectivity index (χ1v) is 8.02. The summed E-state index contributed by atoms with van der Waals surface area (Å²) in [6.07, 6.45) is -2.71. The first-order chi connectivity index (χ1) is 11.9. The molecule has 0 amide bonds. The van der Waals surface area contributed by atoms with Crippen LogP contribution in [0.5, 0.6) is 0 Å². The first kappa shape index (κ1) is 16.1. The summed E-state index contributed by atoms with van der Waals surface area (Å²) < 4.78 is 43.3. The Morgan fingerprint density at radius 1 is 1.28 bits per heavy atom. The Bertz CT molecular complexity index is 953. The second-order valence-corrected chi connectivity index (χ2v) is 6.35. The number of fused-ring (bicyclic) bond motifs is 3. The van der Waals surface area contributed by atoms with Gasteiger partial charge in [-0.15, -0.1) is 0 Å². The number of anilines is 1. The van der Waals surface area contributed by atoms with Crippen molar-refractivity contribution in [3.05, 3.63) is 52.4 Å². The number of rotatable bonds is 2. The van der Waals surface area contributed by atoms with Gasteiger partial charge in [0.25, 0.3) is 5.78 Å². The molecule has 0 aliphatic carbocycles. The molecule has 0 bridgehead atoms. The number of halogens is 4. The molecule has 0 radical (unpaired) electrons. The minimum atomic E-state index is -4.48. The van der Waals surface area contributed by atoms with Crippen molar-refractivity contribution in [3.8, 4) is 0 Å². The van der Waals surface area contributed by atoms with E-state index in [1.807, 2.05) is 0 Å². The zero-order valence-corrected chi connectivity index (χ0v) is 13.9. The normalized spacial score (nSPS) is 15.6. The minimum Gasteiger partial charge on any atom is -0.340 e. The summed E-state index contributed by atoms with van der Waals surface area (Å²) in [5.41, 5.74) is 1.52. The molecule has 25 heavy (non-hydrogen) atoms. The summed E-state index contributed by atoms with van der Waals surface area (Å²) in [6.45, 7) is 1.99. The van der Waals surface area contributed by atoms with Gasteiger partial charge in [-0.2, -0.15) is 27.8 Å². The molecule has 9 heteroatoms. The molecule has 1 aliphatic heterocycles. The maximum absolute atomic E-state index is 14.0. The van der Waals surface area contributed by atoms with Gasteiger partial charge in [-0.25, -0.2) is 4.98 Å². The fraction of sp³-hybridized carbons (Fsp3) is 0.312. The summed E-state index contributed by atoms with van der Waals surface area (Å²) in [5, 5.41) is 4.33. The van der Waals surface area contributed by atoms with E-state index in [2.05, 4.69) is 15.1 Å². The Morgan fingerprint density at radius 2 is 2.08 bits per heavy atom. The highest BCUT2D eigenvalue weighted by molar-refractivity contribution is 6.30. The van der Waals surface area contributed by atoms with Gasteiger partial charge in [0.15, 0.2) is 6.04 Å². The van der Waals surface area contributed by atoms with E-state index in [1.54, 1.807) is 13.0 Å². The van der Waals surface area contributed by atoms with Crippen molar-refractivity contribution >= 4 is 23.2 Å². The fourth-order valence-corrected chi connectivity index (χ4v) is 3.57. The van der Waals surface area contributed by atoms with E-state index in [0.717, 1.165) is 5.56 Å². The lowest BCUT2D eigenvalue weighted by molar-refractivity contribution is -0.150. The molecule has 4 rings (SSSR count). The van der Waals surface area contributed by atoms with Crippen molar-refractivity contribution in [3.63, 3.8) is 0 Å². The van der Waals surface area contributed by atoms with Crippen LogP contribution in [0.1, 0.15) is 22.9 Å². The molecule has 0 saturated heterocycles. The van der Waals surface area contributed by atoms with Crippen molar-refractivity contribution in [2.24, 2.45) is 0 Å². The van der Waals surface area contributed by atoms with E-state index < -0.39 is 12.2 Å². The van der Waals surface area contributed by atoms with Crippen LogP contribution in [0.3, 0.4) is 0 Å². The van der Waals surface area contributed by atoms with E-state index in [4.69, 9.17) is 11.6 Å². The molecule has 5 nitrogen and oxygen atoms in total. The molecule has 3 heterocycles. The van der Waals surface area contributed by atoms with Gasteiger partial charge in [-0.05, 0) is 31.0 Å². The van der Waals surface area contributed by atoms with Gasteiger partial charge in [-0.3, -0.25) is 0 Å². The molecule has 0 spiro atoms. The second-order valence-electron chi connectivity index (χ2n) is 5.91. The van der Waals surface area contributed by atoms with Crippen LogP contribution in [-0.4, -0.2) is 32.3 Å². The van der Waals surface area contributed by atoms with Gasteiger partial charge in [0.2, 0.25) is 0 Å². The van der Waals surface area contributed by atoms with Crippen molar-refractivity contribution in [2.45, 2.75) is 25.6 Å². The SMILES string of the molecule is Cc1nc2ncnn2c2c1CCN2[C@H](c1cccc(Cl)c1)C(F)(F)F. The molecule has 1 aromatic carbocycles. The van der Waals surface area contributed by atoms with Crippen LogP contribution in [0.4, 0.5) is 19.0 Å². The van der Waals surface area contributed by atoms with Crippen LogP contribution < -0.4 is 4.90 Å². The quantitative estimate of drug-likeness (QED) is 0.692. The third kappa shape index (κ3) is 2.60. The second kappa shape index (κ2) is 5.59. The zero-order valence-electron chi connectivity index (χ0n) is 13.1. The number of nitrogens with zero attached hydrogens (tertiary/aromatic N) is 5. The average Bonchev–Trinajstić information content (AvgIpc) is 3.13. The highest BCUT2D eigenvalue weighted by Crippen LogP contribution is 2.44. The molecule has 3 aromatic rings. The van der Waals surface area contributed by atoms with Gasteiger partial charge in [0, 0.05) is 22.8 Å². The number of aryl methyl sites for hydroxylation is 1. The third-order valence-corrected chi connectivity index (χ3v) is 4.60. The molecule has 130 valence electrons. The molecule has 1 aliphatic rings. The van der Waals surface area contributed by atoms with E-state index in [1.165, 1.54) is 33.9 Å². The fourth-order valence-electron chi connectivity index (χ4n) is 3.37. The van der Waals surface area contributed by atoms with Crippen molar-refractivity contribution in [2.75, 3.05) is 11.4 Å². The minimum absolute atomic E-state index is 0.0931. The Kier molecular flexibility index (Phi) is 3.61. The number of aromatic nitrogens is 4. The van der Waals surface area contributed by atoms with E-state index in [0.29, 0.717) is 17.9 Å². The first-order valence-electron chi connectivity index (χ1n) is 7.64. The molecule has 0 N–H and O–H groups in total. The van der Waals surface area contributed by atoms with Crippen molar-refractivity contribution in [1.29, 1.82) is 0 Å². The maximum atomic E-state index is 14.0. The molecule has 0 saturated carbocycles. The van der Waals surface area contributed by atoms with E-state index in [9.17, 15) is 13.2 Å². The van der Waals surface area contributed by atoms with Gasteiger partial charge < -0.3 is 4.90 Å². The molecule has 1 atom stereocenters. The summed E-state index contributed by atoms with van der Waals surface area (Å²) in [4.78, 5) is 9.64. The van der Waals surface area contributed by atoms with Gasteiger partial charge in [0.05, 0.1) is 0 Å². The number of alkyl halides is 3. The number of hydrogen-bond donors (Lipinski definition) is 0. The van der Waals surface area contributed by atoms with Crippen LogP contribution in [0.2, 0.25) is 5.02 Å². The van der Waals surface area contributed by atoms with Crippen LogP contribution in [0.25, 0.3) is 5.78 Å². The van der Waals surface area contributed by atoms with Crippen LogP contribution in [0, 0.1) is 6.92 Å². The maximum Gasteiger partial charge on any atom is 0.413 e. The summed E-state index contributed by atoms with van der Waals surface area (Å²) >= 11 is 5.93. The summed E-state index contributed by atoms with van der Waals surface area (Å²) in [7, 11) is 0. The Morgan fingerprint density at radius 3 is 2.80 bits per heavy atom. The molecule has 0 unspecified atom stereocenters. The molecular formula is C16H13ClF3N5. The Labute approximate surface area is 146 Å². The summed E-state index contributed by atoms with van der Waals surface area (Å²) in [6, 6.07) is 4.05. The topological polar surface area (TPSA) is 46.3 Å². The monoisotopic (exact) mass is 367 g/mol. The van der Waals surface area contributed by atoms with Gasteiger partial charge in [-0.1, -0.05) is 23.7 Å². The lowest BCUT2D eigenvalue weighted by Crippen LogP contribution is -2.38. The standard InChI is InChI=1S/C16H13ClF3N5/c1-9-12-5-6-24(14(12)25-15(23-9)21-8-22-25)13(16(18,19)20)10-3-2-4-11(17)7-10/h2-4,7-8,13H,5-6H2,1H3/t13-/m1/s1. The van der Waals surface area contributed by atoms with Crippen molar-refractivity contribution < 1.29 is 13.2 Å². The lowest BCUT2D eigenvalue weighted by atomic mass is 10.1. The third-order valence-electron chi connectivity index (χ3n) is 4.37. The van der Waals surface area contributed by atoms with Gasteiger partial charge >= 0.3 is 6.18 Å². The Balaban J connectivity index is 1.92. The van der Waals surface area contributed by atoms with Crippen LogP contribution >= 0.6 is 11.6 Å². The average molecular weight is 368 g/mol. The van der Waals surface area contributed by atoms with Crippen LogP contribution in [-0.2, 0) is 6.42 Å².